The van der Waals surface area contributed by atoms with Gasteiger partial charge in [-0.15, -0.1) is 22.7 Å². The zero-order chi connectivity index (χ0) is 10.8. The van der Waals surface area contributed by atoms with Crippen LogP contribution in [-0.2, 0) is 6.42 Å². The van der Waals surface area contributed by atoms with Crippen molar-refractivity contribution in [1.29, 1.82) is 0 Å². The maximum absolute atomic E-state index is 6.10. The fourth-order valence-corrected chi connectivity index (χ4v) is 3.88. The van der Waals surface area contributed by atoms with E-state index in [2.05, 4.69) is 22.0 Å². The van der Waals surface area contributed by atoms with E-state index in [-0.39, 0.29) is 6.04 Å². The molecule has 2 rings (SSSR count). The minimum absolute atomic E-state index is 0.0658. The summed E-state index contributed by atoms with van der Waals surface area (Å²) in [6.07, 6.45) is 0.852. The average molecular weight is 323 g/mol. The van der Waals surface area contributed by atoms with Crippen LogP contribution in [0.15, 0.2) is 28.1 Å². The maximum Gasteiger partial charge on any atom is 0.0931 e. The fourth-order valence-electron chi connectivity index (χ4n) is 1.31. The Hall–Kier alpha value is 0.130. The molecule has 2 N–H and O–H groups in total. The second-order valence-electron chi connectivity index (χ2n) is 3.16. The Kier molecular flexibility index (Phi) is 3.85. The molecular formula is C10H9BrClNS2. The molecule has 0 aliphatic rings. The lowest BCUT2D eigenvalue weighted by molar-refractivity contribution is 0.745. The molecule has 1 nitrogen and oxygen atoms in total. The summed E-state index contributed by atoms with van der Waals surface area (Å²) < 4.78 is 1.95. The quantitative estimate of drug-likeness (QED) is 0.886. The number of thiophene rings is 2. The first-order valence-corrected chi connectivity index (χ1v) is 7.20. The lowest BCUT2D eigenvalue weighted by atomic mass is 10.1. The molecule has 0 saturated carbocycles. The van der Waals surface area contributed by atoms with E-state index in [1.54, 1.807) is 22.7 Å². The van der Waals surface area contributed by atoms with E-state index in [0.717, 1.165) is 14.5 Å². The van der Waals surface area contributed by atoms with E-state index in [1.807, 2.05) is 18.2 Å². The molecule has 0 aliphatic carbocycles. The molecule has 0 bridgehead atoms. The summed E-state index contributed by atoms with van der Waals surface area (Å²) in [5.74, 6) is 0. The fraction of sp³-hybridized carbons (Fsp3) is 0.200. The highest BCUT2D eigenvalue weighted by molar-refractivity contribution is 9.11. The third-order valence-electron chi connectivity index (χ3n) is 2.01. The van der Waals surface area contributed by atoms with E-state index < -0.39 is 0 Å². The number of nitrogens with two attached hydrogens (primary N) is 1. The summed E-state index contributed by atoms with van der Waals surface area (Å²) in [7, 11) is 0. The molecule has 0 spiro atoms. The van der Waals surface area contributed by atoms with Gasteiger partial charge in [0.15, 0.2) is 0 Å². The Labute approximate surface area is 110 Å². The molecule has 0 saturated heterocycles. The third-order valence-corrected chi connectivity index (χ3v) is 5.02. The standard InChI is InChI=1S/C10H9BrClNS2/c11-9-3-2-8(15-9)7(13)5-6-1-4-10(12)14-6/h1-4,7H,5,13H2. The molecule has 1 atom stereocenters. The molecule has 5 heteroatoms. The van der Waals surface area contributed by atoms with Gasteiger partial charge in [0.2, 0.25) is 0 Å². The van der Waals surface area contributed by atoms with Crippen molar-refractivity contribution in [3.05, 3.63) is 42.1 Å². The first-order valence-electron chi connectivity index (χ1n) is 4.40. The van der Waals surface area contributed by atoms with Crippen LogP contribution < -0.4 is 5.73 Å². The Bertz CT molecular complexity index is 452. The minimum Gasteiger partial charge on any atom is -0.323 e. The Morgan fingerprint density at radius 3 is 2.60 bits per heavy atom. The van der Waals surface area contributed by atoms with Crippen LogP contribution in [0.5, 0.6) is 0 Å². The average Bonchev–Trinajstić information content (AvgIpc) is 2.75. The van der Waals surface area contributed by atoms with Crippen molar-refractivity contribution in [2.75, 3.05) is 0 Å². The van der Waals surface area contributed by atoms with Crippen LogP contribution in [0.1, 0.15) is 15.8 Å². The van der Waals surface area contributed by atoms with Crippen LogP contribution in [0.4, 0.5) is 0 Å². The molecule has 15 heavy (non-hydrogen) atoms. The first-order chi connectivity index (χ1) is 7.15. The Morgan fingerprint density at radius 1 is 1.27 bits per heavy atom. The first kappa shape index (κ1) is 11.6. The van der Waals surface area contributed by atoms with Gasteiger partial charge in [-0.05, 0) is 40.2 Å². The molecular weight excluding hydrogens is 314 g/mol. The normalized spacial score (nSPS) is 13.0. The number of hydrogen-bond acceptors (Lipinski definition) is 3. The van der Waals surface area contributed by atoms with Crippen molar-refractivity contribution in [2.24, 2.45) is 5.73 Å². The van der Waals surface area contributed by atoms with Crippen molar-refractivity contribution in [1.82, 2.24) is 0 Å². The van der Waals surface area contributed by atoms with Gasteiger partial charge in [0.1, 0.15) is 0 Å². The lowest BCUT2D eigenvalue weighted by Crippen LogP contribution is -2.10. The Morgan fingerprint density at radius 2 is 2.07 bits per heavy atom. The highest BCUT2D eigenvalue weighted by atomic mass is 79.9. The zero-order valence-electron chi connectivity index (χ0n) is 7.74. The van der Waals surface area contributed by atoms with Crippen molar-refractivity contribution >= 4 is 50.2 Å². The van der Waals surface area contributed by atoms with Crippen LogP contribution in [0.2, 0.25) is 4.34 Å². The summed E-state index contributed by atoms with van der Waals surface area (Å²) in [6, 6.07) is 8.11. The van der Waals surface area contributed by atoms with Crippen LogP contribution in [0, 0.1) is 0 Å². The van der Waals surface area contributed by atoms with E-state index in [1.165, 1.54) is 9.75 Å². The second kappa shape index (κ2) is 4.97. The summed E-state index contributed by atoms with van der Waals surface area (Å²) in [5.41, 5.74) is 6.10. The topological polar surface area (TPSA) is 26.0 Å². The zero-order valence-corrected chi connectivity index (χ0v) is 11.7. The molecule has 0 fully saturated rings. The van der Waals surface area contributed by atoms with E-state index >= 15 is 0 Å². The highest BCUT2D eigenvalue weighted by Crippen LogP contribution is 2.30. The number of rotatable bonds is 3. The molecule has 2 aromatic rings. The van der Waals surface area contributed by atoms with Gasteiger partial charge in [0, 0.05) is 22.2 Å². The van der Waals surface area contributed by atoms with E-state index in [0.29, 0.717) is 0 Å². The highest BCUT2D eigenvalue weighted by Gasteiger charge is 2.10. The summed E-state index contributed by atoms with van der Waals surface area (Å²) in [6.45, 7) is 0. The minimum atomic E-state index is 0.0658. The van der Waals surface area contributed by atoms with E-state index in [4.69, 9.17) is 17.3 Å². The van der Waals surface area contributed by atoms with Crippen LogP contribution in [-0.4, -0.2) is 0 Å². The summed E-state index contributed by atoms with van der Waals surface area (Å²) in [4.78, 5) is 2.43. The van der Waals surface area contributed by atoms with Gasteiger partial charge in [-0.25, -0.2) is 0 Å². The third kappa shape index (κ3) is 3.04. The SMILES string of the molecule is NC(Cc1ccc(Cl)s1)c1ccc(Br)s1. The van der Waals surface area contributed by atoms with Crippen molar-refractivity contribution < 1.29 is 0 Å². The van der Waals surface area contributed by atoms with Crippen LogP contribution in [0.3, 0.4) is 0 Å². The van der Waals surface area contributed by atoms with Gasteiger partial charge in [-0.1, -0.05) is 11.6 Å². The second-order valence-corrected chi connectivity index (χ2v) is 7.45. The monoisotopic (exact) mass is 321 g/mol. The molecule has 0 aromatic carbocycles. The molecule has 2 heterocycles. The van der Waals surface area contributed by atoms with Crippen LogP contribution in [0.25, 0.3) is 0 Å². The van der Waals surface area contributed by atoms with Crippen LogP contribution >= 0.6 is 50.2 Å². The molecule has 1 unspecified atom stereocenters. The molecule has 0 aliphatic heterocycles. The largest absolute Gasteiger partial charge is 0.323 e. The van der Waals surface area contributed by atoms with Crippen molar-refractivity contribution in [2.45, 2.75) is 12.5 Å². The Balaban J connectivity index is 2.06. The smallest absolute Gasteiger partial charge is 0.0931 e. The van der Waals surface area contributed by atoms with Gasteiger partial charge in [-0.2, -0.15) is 0 Å². The molecule has 80 valence electrons. The van der Waals surface area contributed by atoms with Gasteiger partial charge < -0.3 is 5.73 Å². The van der Waals surface area contributed by atoms with Crippen molar-refractivity contribution in [3.63, 3.8) is 0 Å². The van der Waals surface area contributed by atoms with E-state index in [9.17, 15) is 0 Å². The van der Waals surface area contributed by atoms with Gasteiger partial charge >= 0.3 is 0 Å². The van der Waals surface area contributed by atoms with Gasteiger partial charge in [0.25, 0.3) is 0 Å². The molecule has 0 radical (unpaired) electrons. The molecule has 2 aromatic heterocycles. The predicted molar refractivity (Wildman–Crippen MR) is 72.0 cm³/mol. The van der Waals surface area contributed by atoms with Crippen molar-refractivity contribution in [3.8, 4) is 0 Å². The summed E-state index contributed by atoms with van der Waals surface area (Å²) in [5, 5.41) is 0. The molecule has 0 amide bonds. The lowest BCUT2D eigenvalue weighted by Gasteiger charge is -2.06. The predicted octanol–water partition coefficient (Wildman–Crippen LogP) is 4.47. The van der Waals surface area contributed by atoms with Gasteiger partial charge in [0.05, 0.1) is 8.12 Å². The number of hydrogen-bond donors (Lipinski definition) is 1. The summed E-state index contributed by atoms with van der Waals surface area (Å²) >= 11 is 12.6. The van der Waals surface area contributed by atoms with Gasteiger partial charge in [-0.3, -0.25) is 0 Å². The maximum atomic E-state index is 6.10. The number of halogens is 2.